The number of hydrogen-bond donors (Lipinski definition) is 1. The average Bonchev–Trinajstić information content (AvgIpc) is 2.89. The summed E-state index contributed by atoms with van der Waals surface area (Å²) in [5, 5.41) is 8.92. The van der Waals surface area contributed by atoms with Crippen LogP contribution >= 0.6 is 0 Å². The van der Waals surface area contributed by atoms with Crippen molar-refractivity contribution in [1.82, 2.24) is 19.6 Å². The molecule has 1 amide bonds. The van der Waals surface area contributed by atoms with Gasteiger partial charge in [-0.2, -0.15) is 0 Å². The van der Waals surface area contributed by atoms with Gasteiger partial charge in [-0.3, -0.25) is 19.5 Å². The quantitative estimate of drug-likeness (QED) is 0.766. The van der Waals surface area contributed by atoms with Gasteiger partial charge in [-0.15, -0.1) is 0 Å². The van der Waals surface area contributed by atoms with Crippen LogP contribution in [0.15, 0.2) is 0 Å². The van der Waals surface area contributed by atoms with E-state index in [4.69, 9.17) is 9.84 Å². The van der Waals surface area contributed by atoms with Gasteiger partial charge in [-0.1, -0.05) is 0 Å². The summed E-state index contributed by atoms with van der Waals surface area (Å²) < 4.78 is 5.73. The number of ether oxygens (including phenoxy) is 1. The Hall–Kier alpha value is -1.38. The second-order valence-corrected chi connectivity index (χ2v) is 7.99. The van der Waals surface area contributed by atoms with Crippen molar-refractivity contribution in [2.75, 3.05) is 45.8 Å². The fourth-order valence-electron chi connectivity index (χ4n) is 4.48. The second kappa shape index (κ2) is 8.10. The molecule has 3 aliphatic rings. The number of aliphatic carboxylic acids is 1. The molecule has 3 fully saturated rings. The Morgan fingerprint density at radius 3 is 2.31 bits per heavy atom. The Kier molecular flexibility index (Phi) is 6.04. The summed E-state index contributed by atoms with van der Waals surface area (Å²) in [6, 6.07) is 0.837. The molecule has 8 nitrogen and oxygen atoms in total. The van der Waals surface area contributed by atoms with Crippen molar-refractivity contribution in [1.29, 1.82) is 0 Å². The van der Waals surface area contributed by atoms with Crippen molar-refractivity contribution in [2.45, 2.75) is 58.0 Å². The van der Waals surface area contributed by atoms with Crippen LogP contribution in [0.25, 0.3) is 0 Å². The first-order valence-electron chi connectivity index (χ1n) is 9.78. The van der Waals surface area contributed by atoms with E-state index in [2.05, 4.69) is 30.6 Å². The molecule has 1 N–H and O–H groups in total. The summed E-state index contributed by atoms with van der Waals surface area (Å²) in [7, 11) is 0. The molecule has 3 saturated heterocycles. The number of carboxylic acids is 1. The predicted molar refractivity (Wildman–Crippen MR) is 96.9 cm³/mol. The minimum Gasteiger partial charge on any atom is -0.480 e. The Bertz CT molecular complexity index is 513. The standard InChI is InChI=1S/C18H32N4O4/c1-13(2)20-6-4-15(5-7-20)22-14(3)17(26-18(22)25)21-10-8-19(9-11-21)12-16(23)24/h13-15,17H,4-12H2,1-3H3,(H,23,24). The first kappa shape index (κ1) is 19.4. The third kappa shape index (κ3) is 4.13. The maximum absolute atomic E-state index is 12.5. The van der Waals surface area contributed by atoms with Crippen molar-refractivity contribution >= 4 is 12.1 Å². The summed E-state index contributed by atoms with van der Waals surface area (Å²) in [5.41, 5.74) is 0. The highest BCUT2D eigenvalue weighted by molar-refractivity contribution is 5.71. The van der Waals surface area contributed by atoms with Gasteiger partial charge in [0, 0.05) is 51.4 Å². The fraction of sp³-hybridized carbons (Fsp3) is 0.889. The minimum absolute atomic E-state index is 0.0316. The number of hydrogen-bond acceptors (Lipinski definition) is 6. The van der Waals surface area contributed by atoms with E-state index in [1.165, 1.54) is 0 Å². The van der Waals surface area contributed by atoms with Crippen molar-refractivity contribution in [3.8, 4) is 0 Å². The van der Waals surface area contributed by atoms with Crippen LogP contribution in [0.2, 0.25) is 0 Å². The molecule has 148 valence electrons. The van der Waals surface area contributed by atoms with Crippen molar-refractivity contribution in [2.24, 2.45) is 0 Å². The zero-order chi connectivity index (χ0) is 18.8. The molecular weight excluding hydrogens is 336 g/mol. The van der Waals surface area contributed by atoms with Gasteiger partial charge in [0.1, 0.15) is 0 Å². The van der Waals surface area contributed by atoms with E-state index >= 15 is 0 Å². The average molecular weight is 368 g/mol. The van der Waals surface area contributed by atoms with Crippen molar-refractivity contribution in [3.05, 3.63) is 0 Å². The Balaban J connectivity index is 1.54. The highest BCUT2D eigenvalue weighted by atomic mass is 16.6. The predicted octanol–water partition coefficient (Wildman–Crippen LogP) is 0.728. The van der Waals surface area contributed by atoms with Gasteiger partial charge < -0.3 is 14.7 Å². The molecule has 3 heterocycles. The van der Waals surface area contributed by atoms with Gasteiger partial charge in [-0.25, -0.2) is 4.79 Å². The summed E-state index contributed by atoms with van der Waals surface area (Å²) in [6.45, 7) is 11.5. The molecule has 0 aliphatic carbocycles. The Labute approximate surface area is 155 Å². The van der Waals surface area contributed by atoms with Crippen molar-refractivity contribution in [3.63, 3.8) is 0 Å². The zero-order valence-electron chi connectivity index (χ0n) is 16.1. The lowest BCUT2D eigenvalue weighted by atomic mass is 10.0. The number of piperazine rings is 1. The molecule has 0 bridgehead atoms. The summed E-state index contributed by atoms with van der Waals surface area (Å²) in [4.78, 5) is 31.9. The van der Waals surface area contributed by atoms with Gasteiger partial charge in [0.2, 0.25) is 0 Å². The van der Waals surface area contributed by atoms with Crippen LogP contribution < -0.4 is 0 Å². The van der Waals surface area contributed by atoms with Gasteiger partial charge >= 0.3 is 12.1 Å². The molecule has 3 rings (SSSR count). The lowest BCUT2D eigenvalue weighted by molar-refractivity contribution is -0.139. The Morgan fingerprint density at radius 1 is 1.15 bits per heavy atom. The van der Waals surface area contributed by atoms with Crippen LogP contribution in [0.3, 0.4) is 0 Å². The first-order chi connectivity index (χ1) is 12.4. The number of carboxylic acid groups (broad SMARTS) is 1. The molecule has 2 unspecified atom stereocenters. The van der Waals surface area contributed by atoms with Crippen molar-refractivity contribution < 1.29 is 19.4 Å². The van der Waals surface area contributed by atoms with Gasteiger partial charge in [-0.05, 0) is 33.6 Å². The number of nitrogens with zero attached hydrogens (tertiary/aromatic N) is 4. The lowest BCUT2D eigenvalue weighted by Crippen LogP contribution is -2.55. The number of likely N-dealkylation sites (tertiary alicyclic amines) is 1. The smallest absolute Gasteiger partial charge is 0.412 e. The van der Waals surface area contributed by atoms with Crippen LogP contribution in [-0.2, 0) is 9.53 Å². The number of piperidine rings is 1. The third-order valence-corrected chi connectivity index (χ3v) is 6.03. The molecule has 0 aromatic heterocycles. The number of amides is 1. The summed E-state index contributed by atoms with van der Waals surface area (Å²) >= 11 is 0. The van der Waals surface area contributed by atoms with Crippen LogP contribution in [-0.4, -0.2) is 107 Å². The first-order valence-corrected chi connectivity index (χ1v) is 9.78. The topological polar surface area (TPSA) is 76.6 Å². The summed E-state index contributed by atoms with van der Waals surface area (Å²) in [5.74, 6) is -0.793. The number of cyclic esters (lactones) is 1. The number of carbonyl (C=O) groups is 2. The number of rotatable bonds is 5. The molecular formula is C18H32N4O4. The largest absolute Gasteiger partial charge is 0.480 e. The van der Waals surface area contributed by atoms with Crippen LogP contribution in [0.4, 0.5) is 4.79 Å². The molecule has 0 aromatic rings. The molecule has 8 heteroatoms. The summed E-state index contributed by atoms with van der Waals surface area (Å²) in [6.07, 6.45) is 1.57. The van der Waals surface area contributed by atoms with E-state index in [1.807, 2.05) is 9.80 Å². The molecule has 0 saturated carbocycles. The van der Waals surface area contributed by atoms with Crippen LogP contribution in [0.1, 0.15) is 33.6 Å². The number of carbonyl (C=O) groups excluding carboxylic acids is 1. The zero-order valence-corrected chi connectivity index (χ0v) is 16.1. The van der Waals surface area contributed by atoms with E-state index in [0.717, 1.165) is 39.0 Å². The highest BCUT2D eigenvalue weighted by Crippen LogP contribution is 2.29. The third-order valence-electron chi connectivity index (χ3n) is 6.03. The SMILES string of the molecule is CC(C)N1CCC(N2C(=O)OC(N3CCN(CC(=O)O)CC3)C2C)CC1. The van der Waals surface area contributed by atoms with E-state index < -0.39 is 5.97 Å². The highest BCUT2D eigenvalue weighted by Gasteiger charge is 2.46. The normalized spacial score (nSPS) is 30.2. The van der Waals surface area contributed by atoms with E-state index in [-0.39, 0.29) is 30.9 Å². The van der Waals surface area contributed by atoms with E-state index in [0.29, 0.717) is 19.1 Å². The Morgan fingerprint density at radius 2 is 1.77 bits per heavy atom. The van der Waals surface area contributed by atoms with Crippen LogP contribution in [0.5, 0.6) is 0 Å². The molecule has 0 radical (unpaired) electrons. The fourth-order valence-corrected chi connectivity index (χ4v) is 4.48. The molecule has 26 heavy (non-hydrogen) atoms. The maximum atomic E-state index is 12.5. The minimum atomic E-state index is -0.793. The lowest BCUT2D eigenvalue weighted by Gasteiger charge is -2.40. The van der Waals surface area contributed by atoms with Gasteiger partial charge in [0.15, 0.2) is 6.23 Å². The molecule has 2 atom stereocenters. The molecule has 0 spiro atoms. The van der Waals surface area contributed by atoms with E-state index in [9.17, 15) is 9.59 Å². The van der Waals surface area contributed by atoms with Crippen LogP contribution in [0, 0.1) is 0 Å². The molecule has 3 aliphatic heterocycles. The second-order valence-electron chi connectivity index (χ2n) is 7.99. The van der Waals surface area contributed by atoms with Gasteiger partial charge in [0.25, 0.3) is 0 Å². The van der Waals surface area contributed by atoms with Gasteiger partial charge in [0.05, 0.1) is 12.6 Å². The maximum Gasteiger partial charge on any atom is 0.412 e. The molecule has 0 aromatic carbocycles. The van der Waals surface area contributed by atoms with E-state index in [1.54, 1.807) is 0 Å². The monoisotopic (exact) mass is 368 g/mol.